The predicted octanol–water partition coefficient (Wildman–Crippen LogP) is 1.52. The van der Waals surface area contributed by atoms with Crippen molar-refractivity contribution in [2.75, 3.05) is 13.7 Å². The molecule has 0 saturated carbocycles. The first-order valence-electron chi connectivity index (χ1n) is 5.79. The minimum absolute atomic E-state index is 0.0742. The summed E-state index contributed by atoms with van der Waals surface area (Å²) >= 11 is 1.59. The van der Waals surface area contributed by atoms with Gasteiger partial charge in [0.05, 0.1) is 12.6 Å². The van der Waals surface area contributed by atoms with Crippen molar-refractivity contribution < 1.29 is 19.4 Å². The van der Waals surface area contributed by atoms with Gasteiger partial charge >= 0.3 is 12.0 Å². The second kappa shape index (κ2) is 7.10. The molecule has 2 amide bonds. The summed E-state index contributed by atoms with van der Waals surface area (Å²) in [7, 11) is 1.38. The molecule has 3 N–H and O–H groups in total. The minimum atomic E-state index is -1.13. The molecule has 0 bridgehead atoms. The normalized spacial score (nSPS) is 13.6. The van der Waals surface area contributed by atoms with Crippen molar-refractivity contribution in [1.82, 2.24) is 10.6 Å². The molecule has 2 unspecified atom stereocenters. The van der Waals surface area contributed by atoms with Gasteiger partial charge in [0, 0.05) is 16.9 Å². The molecule has 7 heteroatoms. The number of carbonyl (C=O) groups is 2. The van der Waals surface area contributed by atoms with Crippen molar-refractivity contribution in [2.45, 2.75) is 25.9 Å². The minimum Gasteiger partial charge on any atom is -0.480 e. The van der Waals surface area contributed by atoms with Crippen molar-refractivity contribution >= 4 is 23.3 Å². The molecule has 0 spiro atoms. The lowest BCUT2D eigenvalue weighted by Gasteiger charge is -2.17. The van der Waals surface area contributed by atoms with E-state index in [9.17, 15) is 9.59 Å². The van der Waals surface area contributed by atoms with E-state index >= 15 is 0 Å². The van der Waals surface area contributed by atoms with Gasteiger partial charge in [-0.25, -0.2) is 9.59 Å². The lowest BCUT2D eigenvalue weighted by Crippen LogP contribution is -2.48. The van der Waals surface area contributed by atoms with Crippen LogP contribution < -0.4 is 10.6 Å². The number of carbonyl (C=O) groups excluding carboxylic acids is 1. The van der Waals surface area contributed by atoms with Gasteiger partial charge in [0.25, 0.3) is 0 Å². The maximum Gasteiger partial charge on any atom is 0.328 e. The van der Waals surface area contributed by atoms with E-state index in [2.05, 4.69) is 10.6 Å². The lowest BCUT2D eigenvalue weighted by molar-refractivity contribution is -0.140. The number of aliphatic carboxylic acids is 1. The van der Waals surface area contributed by atoms with Crippen LogP contribution >= 0.6 is 11.3 Å². The topological polar surface area (TPSA) is 87.7 Å². The fourth-order valence-corrected chi connectivity index (χ4v) is 2.37. The summed E-state index contributed by atoms with van der Waals surface area (Å²) in [6, 6.07) is 2.16. The molecule has 1 rings (SSSR count). The summed E-state index contributed by atoms with van der Waals surface area (Å²) in [6.07, 6.45) is 0. The number of carboxylic acids is 1. The zero-order valence-electron chi connectivity index (χ0n) is 11.1. The third-order valence-electron chi connectivity index (χ3n) is 2.47. The quantitative estimate of drug-likeness (QED) is 0.740. The van der Waals surface area contributed by atoms with Crippen molar-refractivity contribution in [3.05, 3.63) is 21.9 Å². The van der Waals surface area contributed by atoms with E-state index in [-0.39, 0.29) is 12.6 Å². The molecule has 0 aliphatic rings. The number of hydrogen-bond donors (Lipinski definition) is 3. The van der Waals surface area contributed by atoms with Crippen molar-refractivity contribution in [1.29, 1.82) is 0 Å². The molecule has 1 aromatic rings. The highest BCUT2D eigenvalue weighted by molar-refractivity contribution is 7.12. The number of amides is 2. The Balaban J connectivity index is 2.52. The fourth-order valence-electron chi connectivity index (χ4n) is 1.50. The average Bonchev–Trinajstić information content (AvgIpc) is 2.75. The van der Waals surface area contributed by atoms with Crippen LogP contribution in [0.25, 0.3) is 0 Å². The van der Waals surface area contributed by atoms with Crippen LogP contribution in [-0.4, -0.2) is 36.9 Å². The lowest BCUT2D eigenvalue weighted by atomic mass is 10.3. The van der Waals surface area contributed by atoms with E-state index in [0.717, 1.165) is 9.75 Å². The first kappa shape index (κ1) is 15.5. The summed E-state index contributed by atoms with van der Waals surface area (Å²) < 4.78 is 4.74. The standard InChI is InChI=1S/C12H18N2O4S/c1-7-4-5-10(19-7)8(2)13-12(17)14-9(6-18-3)11(15)16/h4-5,8-9H,6H2,1-3H3,(H,15,16)(H2,13,14,17). The number of nitrogens with one attached hydrogen (secondary N) is 2. The molecule has 1 aromatic heterocycles. The van der Waals surface area contributed by atoms with Gasteiger partial charge in [-0.2, -0.15) is 0 Å². The van der Waals surface area contributed by atoms with Gasteiger partial charge in [-0.15, -0.1) is 11.3 Å². The van der Waals surface area contributed by atoms with Crippen LogP contribution in [0.2, 0.25) is 0 Å². The number of hydrogen-bond acceptors (Lipinski definition) is 4. The number of ether oxygens (including phenoxy) is 1. The summed E-state index contributed by atoms with van der Waals surface area (Å²) in [5.41, 5.74) is 0. The van der Waals surface area contributed by atoms with Crippen LogP contribution in [-0.2, 0) is 9.53 Å². The van der Waals surface area contributed by atoms with Gasteiger partial charge < -0.3 is 20.5 Å². The van der Waals surface area contributed by atoms with Crippen LogP contribution in [0.4, 0.5) is 4.79 Å². The Morgan fingerprint density at radius 1 is 1.42 bits per heavy atom. The van der Waals surface area contributed by atoms with E-state index in [1.807, 2.05) is 26.0 Å². The third kappa shape index (κ3) is 4.88. The second-order valence-electron chi connectivity index (χ2n) is 4.13. The highest BCUT2D eigenvalue weighted by Crippen LogP contribution is 2.21. The Morgan fingerprint density at radius 3 is 2.58 bits per heavy atom. The van der Waals surface area contributed by atoms with Gasteiger partial charge in [0.1, 0.15) is 0 Å². The molecule has 0 saturated heterocycles. The molecule has 19 heavy (non-hydrogen) atoms. The van der Waals surface area contributed by atoms with Crippen LogP contribution in [0.3, 0.4) is 0 Å². The SMILES string of the molecule is COCC(NC(=O)NC(C)c1ccc(C)s1)C(=O)O. The molecule has 0 aromatic carbocycles. The van der Waals surface area contributed by atoms with Crippen LogP contribution in [0.5, 0.6) is 0 Å². The molecule has 106 valence electrons. The highest BCUT2D eigenvalue weighted by Gasteiger charge is 2.20. The van der Waals surface area contributed by atoms with Gasteiger partial charge in [-0.05, 0) is 26.0 Å². The number of methoxy groups -OCH3 is 1. The zero-order chi connectivity index (χ0) is 14.4. The Hall–Kier alpha value is -1.60. The summed E-state index contributed by atoms with van der Waals surface area (Å²) in [5, 5.41) is 13.9. The van der Waals surface area contributed by atoms with Gasteiger partial charge in [0.15, 0.2) is 6.04 Å². The molecule has 0 aliphatic carbocycles. The second-order valence-corrected chi connectivity index (χ2v) is 5.45. The molecular weight excluding hydrogens is 268 g/mol. The third-order valence-corrected chi connectivity index (χ3v) is 3.66. The van der Waals surface area contributed by atoms with Crippen molar-refractivity contribution in [3.63, 3.8) is 0 Å². The van der Waals surface area contributed by atoms with E-state index in [1.54, 1.807) is 11.3 Å². The Kier molecular flexibility index (Phi) is 5.78. The summed E-state index contributed by atoms with van der Waals surface area (Å²) in [4.78, 5) is 24.7. The first-order chi connectivity index (χ1) is 8.93. The molecular formula is C12H18N2O4S. The molecule has 0 fully saturated rings. The Morgan fingerprint density at radius 2 is 2.11 bits per heavy atom. The summed E-state index contributed by atoms with van der Waals surface area (Å²) in [6.45, 7) is 3.76. The summed E-state index contributed by atoms with van der Waals surface area (Å²) in [5.74, 6) is -1.13. The maximum absolute atomic E-state index is 11.7. The van der Waals surface area contributed by atoms with Crippen LogP contribution in [0.15, 0.2) is 12.1 Å². The maximum atomic E-state index is 11.7. The monoisotopic (exact) mass is 286 g/mol. The smallest absolute Gasteiger partial charge is 0.328 e. The Labute approximate surface area is 115 Å². The molecule has 0 aliphatic heterocycles. The molecule has 6 nitrogen and oxygen atoms in total. The average molecular weight is 286 g/mol. The van der Waals surface area contributed by atoms with Crippen molar-refractivity contribution in [3.8, 4) is 0 Å². The molecule has 1 heterocycles. The van der Waals surface area contributed by atoms with Crippen LogP contribution in [0, 0.1) is 6.92 Å². The van der Waals surface area contributed by atoms with Gasteiger partial charge in [-0.1, -0.05) is 0 Å². The highest BCUT2D eigenvalue weighted by atomic mass is 32.1. The molecule has 0 radical (unpaired) electrons. The predicted molar refractivity (Wildman–Crippen MR) is 72.4 cm³/mol. The van der Waals surface area contributed by atoms with E-state index in [4.69, 9.17) is 9.84 Å². The largest absolute Gasteiger partial charge is 0.480 e. The van der Waals surface area contributed by atoms with E-state index in [1.165, 1.54) is 7.11 Å². The number of rotatable bonds is 6. The van der Waals surface area contributed by atoms with Crippen LogP contribution in [0.1, 0.15) is 22.7 Å². The van der Waals surface area contributed by atoms with E-state index in [0.29, 0.717) is 0 Å². The number of aryl methyl sites for hydroxylation is 1. The molecule has 2 atom stereocenters. The first-order valence-corrected chi connectivity index (χ1v) is 6.60. The number of carboxylic acid groups (broad SMARTS) is 1. The van der Waals surface area contributed by atoms with Gasteiger partial charge in [0.2, 0.25) is 0 Å². The zero-order valence-corrected chi connectivity index (χ0v) is 11.9. The van der Waals surface area contributed by atoms with Crippen molar-refractivity contribution in [2.24, 2.45) is 0 Å². The van der Waals surface area contributed by atoms with E-state index < -0.39 is 18.0 Å². The fraction of sp³-hybridized carbons (Fsp3) is 0.500. The van der Waals surface area contributed by atoms with Gasteiger partial charge in [-0.3, -0.25) is 0 Å². The number of urea groups is 1. The Bertz CT molecular complexity index is 447. The number of thiophene rings is 1.